The number of carbonyl (C=O) groups excluding carboxylic acids is 2. The van der Waals surface area contributed by atoms with Gasteiger partial charge in [0.2, 0.25) is 0 Å². The zero-order chi connectivity index (χ0) is 14.6. The fourth-order valence-electron chi connectivity index (χ4n) is 1.38. The normalized spacial score (nSPS) is 22.1. The maximum Gasteiger partial charge on any atom is 0.347 e. The Morgan fingerprint density at radius 3 is 1.45 bits per heavy atom. The molecule has 1 aliphatic heterocycles. The van der Waals surface area contributed by atoms with Crippen molar-refractivity contribution in [3.05, 3.63) is 0 Å². The molecule has 0 aromatic heterocycles. The summed E-state index contributed by atoms with van der Waals surface area (Å²) in [6.07, 6.45) is -1.38. The van der Waals surface area contributed by atoms with Crippen LogP contribution in [0.2, 0.25) is 0 Å². The van der Waals surface area contributed by atoms with Gasteiger partial charge in [-0.1, -0.05) is 0 Å². The lowest BCUT2D eigenvalue weighted by atomic mass is 10.3. The van der Waals surface area contributed by atoms with Crippen LogP contribution in [0.4, 0.5) is 0 Å². The van der Waals surface area contributed by atoms with Gasteiger partial charge in [-0.3, -0.25) is 0 Å². The van der Waals surface area contributed by atoms with Crippen LogP contribution in [0.3, 0.4) is 0 Å². The molecule has 0 bridgehead atoms. The number of ether oxygens (including phenoxy) is 6. The highest BCUT2D eigenvalue weighted by Crippen LogP contribution is 1.99. The summed E-state index contributed by atoms with van der Waals surface area (Å²) >= 11 is 0. The molecule has 0 aromatic rings. The molecule has 0 atom stereocenters. The SMILES string of the molecule is COC1C(=O)OCCOCCOCCOCCOC1=O. The fourth-order valence-corrected chi connectivity index (χ4v) is 1.38. The predicted octanol–water partition coefficient (Wildman–Crippen LogP) is -0.849. The maximum absolute atomic E-state index is 11.6. The Morgan fingerprint density at radius 2 is 1.10 bits per heavy atom. The van der Waals surface area contributed by atoms with Crippen LogP contribution in [0.15, 0.2) is 0 Å². The average molecular weight is 292 g/mol. The molecule has 1 rings (SSSR count). The largest absolute Gasteiger partial charge is 0.461 e. The maximum atomic E-state index is 11.6. The molecule has 1 saturated heterocycles. The van der Waals surface area contributed by atoms with Gasteiger partial charge in [0.1, 0.15) is 13.2 Å². The molecule has 0 aromatic carbocycles. The molecule has 1 heterocycles. The van der Waals surface area contributed by atoms with Crippen molar-refractivity contribution in [2.75, 3.05) is 60.0 Å². The van der Waals surface area contributed by atoms with Crippen molar-refractivity contribution in [2.45, 2.75) is 6.10 Å². The Hall–Kier alpha value is -1.22. The molecular weight excluding hydrogens is 272 g/mol. The van der Waals surface area contributed by atoms with Gasteiger partial charge in [-0.25, -0.2) is 9.59 Å². The van der Waals surface area contributed by atoms with Gasteiger partial charge in [0.05, 0.1) is 39.6 Å². The molecule has 0 saturated carbocycles. The first-order valence-electron chi connectivity index (χ1n) is 6.35. The Labute approximate surface area is 117 Å². The summed E-state index contributed by atoms with van der Waals surface area (Å²) in [4.78, 5) is 23.2. The Balaban J connectivity index is 2.42. The molecule has 0 aliphatic carbocycles. The van der Waals surface area contributed by atoms with E-state index in [1.165, 1.54) is 7.11 Å². The van der Waals surface area contributed by atoms with E-state index in [0.29, 0.717) is 26.4 Å². The molecule has 0 radical (unpaired) electrons. The first kappa shape index (κ1) is 16.8. The highest BCUT2D eigenvalue weighted by Gasteiger charge is 2.29. The van der Waals surface area contributed by atoms with Crippen molar-refractivity contribution in [1.29, 1.82) is 0 Å². The van der Waals surface area contributed by atoms with Crippen molar-refractivity contribution in [3.8, 4) is 0 Å². The van der Waals surface area contributed by atoms with Crippen molar-refractivity contribution in [2.24, 2.45) is 0 Å². The van der Waals surface area contributed by atoms with Gasteiger partial charge in [0.25, 0.3) is 6.10 Å². The lowest BCUT2D eigenvalue weighted by Crippen LogP contribution is -2.36. The summed E-state index contributed by atoms with van der Waals surface area (Å²) in [6.45, 7) is 2.18. The number of cyclic esters (lactones) is 2. The van der Waals surface area contributed by atoms with E-state index >= 15 is 0 Å². The third-order valence-electron chi connectivity index (χ3n) is 2.35. The van der Waals surface area contributed by atoms with E-state index in [1.807, 2.05) is 0 Å². The minimum atomic E-state index is -1.38. The van der Waals surface area contributed by atoms with E-state index in [1.54, 1.807) is 0 Å². The van der Waals surface area contributed by atoms with Crippen molar-refractivity contribution in [3.63, 3.8) is 0 Å². The molecule has 8 nitrogen and oxygen atoms in total. The van der Waals surface area contributed by atoms with Gasteiger partial charge in [0.15, 0.2) is 0 Å². The molecular formula is C12H20O8. The van der Waals surface area contributed by atoms with Gasteiger partial charge in [-0.15, -0.1) is 0 Å². The second kappa shape index (κ2) is 10.6. The fraction of sp³-hybridized carbons (Fsp3) is 0.833. The van der Waals surface area contributed by atoms with Gasteiger partial charge in [0, 0.05) is 7.11 Å². The molecule has 116 valence electrons. The van der Waals surface area contributed by atoms with E-state index in [-0.39, 0.29) is 26.4 Å². The van der Waals surface area contributed by atoms with E-state index < -0.39 is 18.0 Å². The van der Waals surface area contributed by atoms with Gasteiger partial charge in [-0.05, 0) is 0 Å². The summed E-state index contributed by atoms with van der Waals surface area (Å²) < 4.78 is 30.1. The van der Waals surface area contributed by atoms with Crippen LogP contribution in [0.1, 0.15) is 0 Å². The molecule has 8 heteroatoms. The van der Waals surface area contributed by atoms with Crippen molar-refractivity contribution in [1.82, 2.24) is 0 Å². The number of rotatable bonds is 1. The second-order valence-corrected chi connectivity index (χ2v) is 3.79. The third kappa shape index (κ3) is 6.80. The summed E-state index contributed by atoms with van der Waals surface area (Å²) in [5.41, 5.74) is 0. The third-order valence-corrected chi connectivity index (χ3v) is 2.35. The Kier molecular flexibility index (Phi) is 8.88. The average Bonchev–Trinajstić information content (AvgIpc) is 2.43. The van der Waals surface area contributed by atoms with Gasteiger partial charge < -0.3 is 28.4 Å². The summed E-state index contributed by atoms with van der Waals surface area (Å²) in [6, 6.07) is 0. The molecule has 1 fully saturated rings. The molecule has 0 N–H and O–H groups in total. The lowest BCUT2D eigenvalue weighted by Gasteiger charge is -2.14. The standard InChI is InChI=1S/C12H20O8/c1-15-10-11(13)19-8-6-17-4-2-16-3-5-18-7-9-20-12(10)14/h10H,2-9H2,1H3. The summed E-state index contributed by atoms with van der Waals surface area (Å²) in [7, 11) is 1.23. The molecule has 0 unspecified atom stereocenters. The number of hydrogen-bond donors (Lipinski definition) is 0. The van der Waals surface area contributed by atoms with E-state index in [4.69, 9.17) is 28.4 Å². The number of methoxy groups -OCH3 is 1. The Bertz CT molecular complexity index is 267. The lowest BCUT2D eigenvalue weighted by molar-refractivity contribution is -0.173. The minimum Gasteiger partial charge on any atom is -0.461 e. The van der Waals surface area contributed by atoms with Crippen LogP contribution in [0, 0.1) is 0 Å². The molecule has 0 spiro atoms. The molecule has 20 heavy (non-hydrogen) atoms. The first-order chi connectivity index (χ1) is 9.75. The topological polar surface area (TPSA) is 89.5 Å². The minimum absolute atomic E-state index is 0.0368. The van der Waals surface area contributed by atoms with E-state index in [9.17, 15) is 9.59 Å². The summed E-state index contributed by atoms with van der Waals surface area (Å²) in [5, 5.41) is 0. The van der Waals surface area contributed by atoms with Crippen molar-refractivity contribution >= 4 is 11.9 Å². The van der Waals surface area contributed by atoms with E-state index in [0.717, 1.165) is 0 Å². The van der Waals surface area contributed by atoms with Crippen LogP contribution in [0.5, 0.6) is 0 Å². The van der Waals surface area contributed by atoms with Crippen LogP contribution >= 0.6 is 0 Å². The predicted molar refractivity (Wildman–Crippen MR) is 65.2 cm³/mol. The van der Waals surface area contributed by atoms with E-state index in [2.05, 4.69) is 0 Å². The van der Waals surface area contributed by atoms with Crippen LogP contribution in [0.25, 0.3) is 0 Å². The zero-order valence-corrected chi connectivity index (χ0v) is 11.5. The van der Waals surface area contributed by atoms with Crippen LogP contribution < -0.4 is 0 Å². The number of esters is 2. The monoisotopic (exact) mass is 292 g/mol. The molecule has 1 aliphatic rings. The number of carbonyl (C=O) groups is 2. The van der Waals surface area contributed by atoms with Crippen LogP contribution in [-0.4, -0.2) is 78.0 Å². The smallest absolute Gasteiger partial charge is 0.347 e. The quantitative estimate of drug-likeness (QED) is 0.456. The van der Waals surface area contributed by atoms with Crippen LogP contribution in [-0.2, 0) is 38.0 Å². The number of hydrogen-bond acceptors (Lipinski definition) is 8. The van der Waals surface area contributed by atoms with Gasteiger partial charge >= 0.3 is 11.9 Å². The molecule has 0 amide bonds. The van der Waals surface area contributed by atoms with Crippen molar-refractivity contribution < 1.29 is 38.0 Å². The second-order valence-electron chi connectivity index (χ2n) is 3.79. The Morgan fingerprint density at radius 1 is 0.750 bits per heavy atom. The first-order valence-corrected chi connectivity index (χ1v) is 6.35. The highest BCUT2D eigenvalue weighted by atomic mass is 16.6. The summed E-state index contributed by atoms with van der Waals surface area (Å²) in [5.74, 6) is -1.60. The highest BCUT2D eigenvalue weighted by molar-refractivity contribution is 5.98. The van der Waals surface area contributed by atoms with Gasteiger partial charge in [-0.2, -0.15) is 0 Å². The zero-order valence-electron chi connectivity index (χ0n) is 11.5.